The first-order valence-corrected chi connectivity index (χ1v) is 7.85. The molecule has 2 rings (SSSR count). The summed E-state index contributed by atoms with van der Waals surface area (Å²) in [7, 11) is 0. The largest absolute Gasteiger partial charge is 0.353 e. The van der Waals surface area contributed by atoms with E-state index in [4.69, 9.17) is 0 Å². The fourth-order valence-corrected chi connectivity index (χ4v) is 1.95. The van der Waals surface area contributed by atoms with Crippen molar-refractivity contribution in [3.8, 4) is 0 Å². The van der Waals surface area contributed by atoms with E-state index in [2.05, 4.69) is 22.6 Å². The Morgan fingerprint density at radius 1 is 1.26 bits per heavy atom. The number of unbranched alkanes of at least 4 members (excludes halogenated alkanes) is 1. The van der Waals surface area contributed by atoms with Crippen LogP contribution in [0.5, 0.6) is 0 Å². The molecule has 0 unspecified atom stereocenters. The summed E-state index contributed by atoms with van der Waals surface area (Å²) >= 11 is 0. The summed E-state index contributed by atoms with van der Waals surface area (Å²) in [5, 5.41) is 10.9. The zero-order valence-corrected chi connectivity index (χ0v) is 13.4. The van der Waals surface area contributed by atoms with Gasteiger partial charge in [0.05, 0.1) is 12.7 Å². The molecule has 0 aliphatic heterocycles. The average Bonchev–Trinajstić information content (AvgIpc) is 3.02. The molecule has 0 radical (unpaired) electrons. The van der Waals surface area contributed by atoms with Gasteiger partial charge in [0.15, 0.2) is 0 Å². The summed E-state index contributed by atoms with van der Waals surface area (Å²) in [5.74, 6) is -0.100. The highest BCUT2D eigenvalue weighted by atomic mass is 16.1. The highest BCUT2D eigenvalue weighted by Crippen LogP contribution is 2.02. The van der Waals surface area contributed by atoms with Crippen LogP contribution in [-0.2, 0) is 11.3 Å². The van der Waals surface area contributed by atoms with Crippen molar-refractivity contribution in [2.45, 2.75) is 26.3 Å². The van der Waals surface area contributed by atoms with Gasteiger partial charge in [0, 0.05) is 12.6 Å². The van der Waals surface area contributed by atoms with E-state index in [1.165, 1.54) is 6.08 Å². The van der Waals surface area contributed by atoms with Crippen LogP contribution in [0.25, 0.3) is 12.2 Å². The quantitative estimate of drug-likeness (QED) is 0.602. The Kier molecular flexibility index (Phi) is 6.78. The van der Waals surface area contributed by atoms with E-state index in [0.29, 0.717) is 18.8 Å². The molecule has 0 saturated heterocycles. The van der Waals surface area contributed by atoms with Crippen molar-refractivity contribution in [2.24, 2.45) is 0 Å². The van der Waals surface area contributed by atoms with Crippen LogP contribution in [0.1, 0.15) is 31.0 Å². The lowest BCUT2D eigenvalue weighted by Gasteiger charge is -1.98. The Morgan fingerprint density at radius 2 is 2.09 bits per heavy atom. The molecule has 0 fully saturated rings. The van der Waals surface area contributed by atoms with E-state index in [-0.39, 0.29) is 5.91 Å². The van der Waals surface area contributed by atoms with Crippen molar-refractivity contribution in [1.82, 2.24) is 20.3 Å². The van der Waals surface area contributed by atoms with E-state index in [9.17, 15) is 4.79 Å². The number of nitrogens with one attached hydrogen (secondary N) is 1. The second-order valence-electron chi connectivity index (χ2n) is 5.16. The van der Waals surface area contributed by atoms with Crippen LogP contribution in [-0.4, -0.2) is 27.4 Å². The Labute approximate surface area is 136 Å². The summed E-state index contributed by atoms with van der Waals surface area (Å²) in [6.07, 6.45) is 11.1. The molecule has 1 N–H and O–H groups in total. The number of benzene rings is 1. The number of nitrogens with zero attached hydrogens (tertiary/aromatic N) is 3. The predicted octanol–water partition coefficient (Wildman–Crippen LogP) is 2.92. The van der Waals surface area contributed by atoms with Crippen molar-refractivity contribution < 1.29 is 4.79 Å². The number of aromatic nitrogens is 3. The Bertz CT molecular complexity index is 659. The molecule has 5 nitrogen and oxygen atoms in total. The van der Waals surface area contributed by atoms with Crippen LogP contribution in [0.2, 0.25) is 0 Å². The molecule has 0 spiro atoms. The lowest BCUT2D eigenvalue weighted by Crippen LogP contribution is -2.21. The first-order valence-electron chi connectivity index (χ1n) is 7.85. The van der Waals surface area contributed by atoms with E-state index < -0.39 is 0 Å². The second-order valence-corrected chi connectivity index (χ2v) is 5.16. The minimum atomic E-state index is -0.100. The molecule has 1 aromatic heterocycles. The third kappa shape index (κ3) is 6.30. The fraction of sp³-hybridized carbons (Fsp3) is 0.278. The van der Waals surface area contributed by atoms with Gasteiger partial charge in [0.1, 0.15) is 5.69 Å². The van der Waals surface area contributed by atoms with Crippen LogP contribution in [0, 0.1) is 0 Å². The van der Waals surface area contributed by atoms with E-state index >= 15 is 0 Å². The third-order valence-electron chi connectivity index (χ3n) is 3.19. The molecule has 0 aliphatic carbocycles. The molecule has 1 heterocycles. The first kappa shape index (κ1) is 16.7. The molecule has 0 bridgehead atoms. The van der Waals surface area contributed by atoms with Gasteiger partial charge in [-0.25, -0.2) is 4.68 Å². The summed E-state index contributed by atoms with van der Waals surface area (Å²) in [5.41, 5.74) is 1.82. The standard InChI is InChI=1S/C18H22N4O/c1-2-3-13-19-18(23)12-11-17-15-22(21-20-17)14-7-10-16-8-5-4-6-9-16/h4-12,15H,2-3,13-14H2,1H3,(H,19,23)/b10-7-,12-11-. The molecular formula is C18H22N4O. The van der Waals surface area contributed by atoms with Crippen LogP contribution in [0.4, 0.5) is 0 Å². The Morgan fingerprint density at radius 3 is 2.87 bits per heavy atom. The van der Waals surface area contributed by atoms with Gasteiger partial charge in [0.2, 0.25) is 5.91 Å². The minimum absolute atomic E-state index is 0.100. The van der Waals surface area contributed by atoms with Crippen molar-refractivity contribution in [2.75, 3.05) is 6.54 Å². The maximum absolute atomic E-state index is 11.6. The number of carbonyl (C=O) groups excluding carboxylic acids is 1. The first-order chi connectivity index (χ1) is 11.3. The maximum atomic E-state index is 11.6. The van der Waals surface area contributed by atoms with Gasteiger partial charge in [0.25, 0.3) is 0 Å². The van der Waals surface area contributed by atoms with Crippen LogP contribution >= 0.6 is 0 Å². The molecule has 2 aromatic rings. The van der Waals surface area contributed by atoms with Gasteiger partial charge >= 0.3 is 0 Å². The molecule has 1 aromatic carbocycles. The van der Waals surface area contributed by atoms with Gasteiger partial charge in [-0.1, -0.05) is 61.0 Å². The predicted molar refractivity (Wildman–Crippen MR) is 92.4 cm³/mol. The third-order valence-corrected chi connectivity index (χ3v) is 3.19. The molecule has 1 amide bonds. The lowest BCUT2D eigenvalue weighted by atomic mass is 10.2. The number of rotatable bonds is 8. The normalized spacial score (nSPS) is 11.3. The van der Waals surface area contributed by atoms with Gasteiger partial charge in [-0.05, 0) is 18.1 Å². The summed E-state index contributed by atoms with van der Waals surface area (Å²) in [4.78, 5) is 11.6. The van der Waals surface area contributed by atoms with Crippen LogP contribution < -0.4 is 5.32 Å². The van der Waals surface area contributed by atoms with Crippen molar-refractivity contribution >= 4 is 18.1 Å². The average molecular weight is 310 g/mol. The number of hydrogen-bond acceptors (Lipinski definition) is 3. The van der Waals surface area contributed by atoms with Crippen molar-refractivity contribution in [1.29, 1.82) is 0 Å². The van der Waals surface area contributed by atoms with Gasteiger partial charge < -0.3 is 5.32 Å². The zero-order valence-electron chi connectivity index (χ0n) is 13.4. The van der Waals surface area contributed by atoms with Crippen molar-refractivity contribution in [3.63, 3.8) is 0 Å². The topological polar surface area (TPSA) is 59.8 Å². The Hall–Kier alpha value is -2.69. The molecular weight excluding hydrogens is 288 g/mol. The summed E-state index contributed by atoms with van der Waals surface area (Å²) < 4.78 is 1.73. The number of amides is 1. The maximum Gasteiger partial charge on any atom is 0.244 e. The van der Waals surface area contributed by atoms with Crippen molar-refractivity contribution in [3.05, 3.63) is 59.9 Å². The van der Waals surface area contributed by atoms with Gasteiger partial charge in [-0.3, -0.25) is 4.79 Å². The molecule has 5 heteroatoms. The minimum Gasteiger partial charge on any atom is -0.353 e. The van der Waals surface area contributed by atoms with Gasteiger partial charge in [-0.2, -0.15) is 0 Å². The number of carbonyl (C=O) groups is 1. The SMILES string of the molecule is CCCCNC(=O)/C=C\c1cn(C/C=C\c2ccccc2)nn1. The van der Waals surface area contributed by atoms with E-state index in [1.807, 2.05) is 48.7 Å². The number of hydrogen-bond donors (Lipinski definition) is 1. The molecule has 0 atom stereocenters. The zero-order chi connectivity index (χ0) is 16.3. The smallest absolute Gasteiger partial charge is 0.244 e. The van der Waals surface area contributed by atoms with E-state index in [0.717, 1.165) is 18.4 Å². The van der Waals surface area contributed by atoms with E-state index in [1.54, 1.807) is 10.8 Å². The molecule has 0 aliphatic rings. The summed E-state index contributed by atoms with van der Waals surface area (Å²) in [6.45, 7) is 3.43. The lowest BCUT2D eigenvalue weighted by molar-refractivity contribution is -0.116. The molecule has 120 valence electrons. The highest BCUT2D eigenvalue weighted by Gasteiger charge is 1.98. The molecule has 23 heavy (non-hydrogen) atoms. The van der Waals surface area contributed by atoms with Gasteiger partial charge in [-0.15, -0.1) is 5.10 Å². The number of allylic oxidation sites excluding steroid dienone is 1. The monoisotopic (exact) mass is 310 g/mol. The second kappa shape index (κ2) is 9.35. The van der Waals surface area contributed by atoms with Crippen LogP contribution in [0.15, 0.2) is 48.7 Å². The Balaban J connectivity index is 1.81. The highest BCUT2D eigenvalue weighted by molar-refractivity contribution is 5.91. The van der Waals surface area contributed by atoms with Crippen LogP contribution in [0.3, 0.4) is 0 Å². The summed E-state index contributed by atoms with van der Waals surface area (Å²) in [6, 6.07) is 10.1. The fourth-order valence-electron chi connectivity index (χ4n) is 1.95. The molecule has 0 saturated carbocycles.